The number of carbonyl (C=O) groups excluding carboxylic acids is 1. The van der Waals surface area contributed by atoms with Gasteiger partial charge in [-0.25, -0.2) is 9.18 Å². The van der Waals surface area contributed by atoms with E-state index in [0.717, 1.165) is 25.1 Å². The highest BCUT2D eigenvalue weighted by Gasteiger charge is 2.19. The van der Waals surface area contributed by atoms with Crippen LogP contribution in [0.2, 0.25) is 0 Å². The first-order valence-electron chi connectivity index (χ1n) is 5.03. The van der Waals surface area contributed by atoms with Crippen LogP contribution < -0.4 is 5.32 Å². The Bertz CT molecular complexity index is 363. The fourth-order valence-electron chi connectivity index (χ4n) is 1.46. The van der Waals surface area contributed by atoms with Gasteiger partial charge in [-0.3, -0.25) is 0 Å². The zero-order valence-electron chi connectivity index (χ0n) is 8.37. The van der Waals surface area contributed by atoms with E-state index in [2.05, 4.69) is 5.32 Å². The van der Waals surface area contributed by atoms with E-state index >= 15 is 0 Å². The van der Waals surface area contributed by atoms with Gasteiger partial charge in [0.05, 0.1) is 0 Å². The van der Waals surface area contributed by atoms with Crippen molar-refractivity contribution in [3.8, 4) is 0 Å². The summed E-state index contributed by atoms with van der Waals surface area (Å²) < 4.78 is 12.8. The normalized spacial score (nSPS) is 14.6. The minimum atomic E-state index is -0.273. The molecule has 2 rings (SSSR count). The van der Waals surface area contributed by atoms with Crippen molar-refractivity contribution in [1.29, 1.82) is 0 Å². The number of nitrogens with one attached hydrogen (secondary N) is 1. The highest BCUT2D eigenvalue weighted by atomic mass is 19.1. The third-order valence-electron chi connectivity index (χ3n) is 2.48. The highest BCUT2D eigenvalue weighted by Crippen LogP contribution is 2.07. The van der Waals surface area contributed by atoms with Gasteiger partial charge in [-0.05, 0) is 24.1 Å². The van der Waals surface area contributed by atoms with Crippen LogP contribution in [0.3, 0.4) is 0 Å². The number of nitrogens with zero attached hydrogens (tertiary/aromatic N) is 1. The van der Waals surface area contributed by atoms with Crippen LogP contribution in [0, 0.1) is 5.82 Å². The Labute approximate surface area is 87.9 Å². The third kappa shape index (κ3) is 2.46. The molecular weight excluding hydrogens is 195 g/mol. The summed E-state index contributed by atoms with van der Waals surface area (Å²) in [7, 11) is 0. The van der Waals surface area contributed by atoms with Crippen molar-refractivity contribution in [2.24, 2.45) is 0 Å². The summed E-state index contributed by atoms with van der Waals surface area (Å²) in [4.78, 5) is 13.1. The van der Waals surface area contributed by atoms with Gasteiger partial charge < -0.3 is 10.2 Å². The third-order valence-corrected chi connectivity index (χ3v) is 2.48. The maximum atomic E-state index is 12.8. The monoisotopic (exact) mass is 208 g/mol. The summed E-state index contributed by atoms with van der Waals surface area (Å²) >= 11 is 0. The molecule has 0 aliphatic carbocycles. The van der Waals surface area contributed by atoms with Crippen LogP contribution >= 0.6 is 0 Å². The lowest BCUT2D eigenvalue weighted by molar-refractivity contribution is 0.167. The summed E-state index contributed by atoms with van der Waals surface area (Å²) in [6.07, 6.45) is 1.08. The molecular formula is C11H13FN2O. The molecule has 0 saturated carbocycles. The molecule has 1 aromatic carbocycles. The van der Waals surface area contributed by atoms with Gasteiger partial charge in [0.2, 0.25) is 0 Å². The Kier molecular flexibility index (Phi) is 2.85. The lowest BCUT2D eigenvalue weighted by atomic mass is 10.2. The number of hydrogen-bond donors (Lipinski definition) is 1. The van der Waals surface area contributed by atoms with Crippen molar-refractivity contribution < 1.29 is 9.18 Å². The number of halogens is 1. The second-order valence-corrected chi connectivity index (χ2v) is 3.63. The molecule has 2 amide bonds. The number of rotatable bonds is 2. The predicted octanol–water partition coefficient (Wildman–Crippen LogP) is 1.74. The van der Waals surface area contributed by atoms with E-state index in [4.69, 9.17) is 0 Å². The van der Waals surface area contributed by atoms with Gasteiger partial charge in [0, 0.05) is 19.6 Å². The largest absolute Gasteiger partial charge is 0.334 e. The van der Waals surface area contributed by atoms with Crippen LogP contribution in [0.1, 0.15) is 12.0 Å². The number of amides is 2. The smallest absolute Gasteiger partial charge is 0.317 e. The molecule has 15 heavy (non-hydrogen) atoms. The highest BCUT2D eigenvalue weighted by molar-refractivity contribution is 5.74. The SMILES string of the molecule is O=C(NCc1cccc(F)c1)N1CCC1. The molecule has 0 spiro atoms. The maximum Gasteiger partial charge on any atom is 0.317 e. The average molecular weight is 208 g/mol. The van der Waals surface area contributed by atoms with Gasteiger partial charge >= 0.3 is 6.03 Å². The first kappa shape index (κ1) is 9.96. The second kappa shape index (κ2) is 4.29. The fraction of sp³-hybridized carbons (Fsp3) is 0.364. The molecule has 1 N–H and O–H groups in total. The Morgan fingerprint density at radius 3 is 2.87 bits per heavy atom. The molecule has 1 aliphatic rings. The van der Waals surface area contributed by atoms with Crippen molar-refractivity contribution >= 4 is 6.03 Å². The quantitative estimate of drug-likeness (QED) is 0.788. The molecule has 0 atom stereocenters. The predicted molar refractivity (Wildman–Crippen MR) is 54.8 cm³/mol. The zero-order valence-corrected chi connectivity index (χ0v) is 8.37. The summed E-state index contributed by atoms with van der Waals surface area (Å²) in [6.45, 7) is 2.04. The molecule has 0 bridgehead atoms. The van der Waals surface area contributed by atoms with Gasteiger partial charge in [0.15, 0.2) is 0 Å². The molecule has 1 saturated heterocycles. The molecule has 1 aliphatic heterocycles. The van der Waals surface area contributed by atoms with Crippen LogP contribution in [-0.2, 0) is 6.54 Å². The number of urea groups is 1. The lowest BCUT2D eigenvalue weighted by Crippen LogP contribution is -2.47. The van der Waals surface area contributed by atoms with Gasteiger partial charge in [0.25, 0.3) is 0 Å². The Morgan fingerprint density at radius 1 is 1.47 bits per heavy atom. The Hall–Kier alpha value is -1.58. The lowest BCUT2D eigenvalue weighted by Gasteiger charge is -2.30. The molecule has 0 aromatic heterocycles. The van der Waals surface area contributed by atoms with Crippen LogP contribution in [0.15, 0.2) is 24.3 Å². The van der Waals surface area contributed by atoms with E-state index in [1.165, 1.54) is 12.1 Å². The second-order valence-electron chi connectivity index (χ2n) is 3.63. The van der Waals surface area contributed by atoms with Crippen molar-refractivity contribution in [1.82, 2.24) is 10.2 Å². The van der Waals surface area contributed by atoms with Crippen molar-refractivity contribution in [3.63, 3.8) is 0 Å². The Balaban J connectivity index is 1.84. The van der Waals surface area contributed by atoms with Crippen molar-refractivity contribution in [2.75, 3.05) is 13.1 Å². The molecule has 0 radical (unpaired) electrons. The van der Waals surface area contributed by atoms with Gasteiger partial charge in [-0.1, -0.05) is 12.1 Å². The molecule has 3 nitrogen and oxygen atoms in total. The number of hydrogen-bond acceptors (Lipinski definition) is 1. The summed E-state index contributed by atoms with van der Waals surface area (Å²) in [5, 5.41) is 2.75. The van der Waals surface area contributed by atoms with Crippen LogP contribution in [0.4, 0.5) is 9.18 Å². The van der Waals surface area contributed by atoms with E-state index < -0.39 is 0 Å². The number of carbonyl (C=O) groups is 1. The summed E-state index contributed by atoms with van der Waals surface area (Å²) in [5.41, 5.74) is 0.781. The Morgan fingerprint density at radius 2 is 2.27 bits per heavy atom. The van der Waals surface area contributed by atoms with Gasteiger partial charge in [-0.2, -0.15) is 0 Å². The molecule has 80 valence electrons. The van der Waals surface area contributed by atoms with Gasteiger partial charge in [0.1, 0.15) is 5.82 Å². The minimum absolute atomic E-state index is 0.0643. The number of benzene rings is 1. The van der Waals surface area contributed by atoms with Gasteiger partial charge in [-0.15, -0.1) is 0 Å². The molecule has 0 unspecified atom stereocenters. The van der Waals surface area contributed by atoms with E-state index in [0.29, 0.717) is 6.54 Å². The maximum absolute atomic E-state index is 12.8. The first-order chi connectivity index (χ1) is 7.25. The average Bonchev–Trinajstić information content (AvgIpc) is 2.12. The summed E-state index contributed by atoms with van der Waals surface area (Å²) in [6, 6.07) is 6.18. The van der Waals surface area contributed by atoms with Crippen LogP contribution in [-0.4, -0.2) is 24.0 Å². The van der Waals surface area contributed by atoms with E-state index in [1.807, 2.05) is 0 Å². The van der Waals surface area contributed by atoms with Crippen molar-refractivity contribution in [2.45, 2.75) is 13.0 Å². The van der Waals surface area contributed by atoms with Crippen molar-refractivity contribution in [3.05, 3.63) is 35.6 Å². The minimum Gasteiger partial charge on any atom is -0.334 e. The van der Waals surface area contributed by atoms with E-state index in [1.54, 1.807) is 17.0 Å². The topological polar surface area (TPSA) is 32.3 Å². The van der Waals surface area contributed by atoms with E-state index in [9.17, 15) is 9.18 Å². The molecule has 4 heteroatoms. The van der Waals surface area contributed by atoms with Crippen LogP contribution in [0.5, 0.6) is 0 Å². The van der Waals surface area contributed by atoms with Crippen LogP contribution in [0.25, 0.3) is 0 Å². The molecule has 1 aromatic rings. The first-order valence-corrected chi connectivity index (χ1v) is 5.03. The zero-order chi connectivity index (χ0) is 10.7. The standard InChI is InChI=1S/C11H13FN2O/c12-10-4-1-3-9(7-10)8-13-11(15)14-5-2-6-14/h1,3-4,7H,2,5-6,8H2,(H,13,15). The van der Waals surface area contributed by atoms with E-state index in [-0.39, 0.29) is 11.8 Å². The molecule has 1 heterocycles. The molecule has 1 fully saturated rings. The fourth-order valence-corrected chi connectivity index (χ4v) is 1.46. The summed E-state index contributed by atoms with van der Waals surface area (Å²) in [5.74, 6) is -0.273. The number of likely N-dealkylation sites (tertiary alicyclic amines) is 1.